The van der Waals surface area contributed by atoms with Gasteiger partial charge >= 0.3 is 6.43 Å². The summed E-state index contributed by atoms with van der Waals surface area (Å²) in [6.45, 7) is -0.0343. The maximum atomic E-state index is 14.5. The van der Waals surface area contributed by atoms with Crippen LogP contribution >= 0.6 is 0 Å². The molecule has 3 N–H and O–H groups in total. The van der Waals surface area contributed by atoms with Crippen molar-refractivity contribution in [3.8, 4) is 22.7 Å². The van der Waals surface area contributed by atoms with E-state index in [-0.39, 0.29) is 23.7 Å². The van der Waals surface area contributed by atoms with E-state index in [0.717, 1.165) is 12.3 Å². The Kier molecular flexibility index (Phi) is 4.96. The van der Waals surface area contributed by atoms with Crippen LogP contribution in [0.2, 0.25) is 0 Å². The summed E-state index contributed by atoms with van der Waals surface area (Å²) in [7, 11) is 0. The molecule has 0 aliphatic rings. The monoisotopic (exact) mass is 414 g/mol. The number of nitrogens with two attached hydrogens (primary N) is 1. The smallest absolute Gasteiger partial charge is 0.314 e. The molecule has 30 heavy (non-hydrogen) atoms. The first-order chi connectivity index (χ1) is 14.5. The van der Waals surface area contributed by atoms with Crippen LogP contribution in [0.3, 0.4) is 0 Å². The van der Waals surface area contributed by atoms with Crippen LogP contribution in [0.15, 0.2) is 41.1 Å². The Labute approximate surface area is 166 Å². The number of nitrogens with one attached hydrogen (secondary N) is 1. The molecule has 12 heteroatoms. The Morgan fingerprint density at radius 3 is 2.77 bits per heavy atom. The highest BCUT2D eigenvalue weighted by molar-refractivity contribution is 5.94. The molecule has 0 bridgehead atoms. The van der Waals surface area contributed by atoms with Gasteiger partial charge in [0, 0.05) is 29.2 Å². The number of hydrogen-bond acceptors (Lipinski definition) is 8. The summed E-state index contributed by atoms with van der Waals surface area (Å²) in [5, 5.41) is 22.2. The van der Waals surface area contributed by atoms with Gasteiger partial charge in [-0.2, -0.15) is 8.78 Å². The minimum Gasteiger partial charge on any atom is -0.415 e. The fraction of sp³-hybridized carbons (Fsp3) is 0.111. The Bertz CT molecular complexity index is 1220. The zero-order valence-electron chi connectivity index (χ0n) is 15.1. The zero-order valence-corrected chi connectivity index (χ0v) is 15.1. The van der Waals surface area contributed by atoms with E-state index in [1.165, 1.54) is 10.9 Å². The van der Waals surface area contributed by atoms with E-state index in [4.69, 9.17) is 15.6 Å². The number of pyridine rings is 1. The lowest BCUT2D eigenvalue weighted by Crippen LogP contribution is -2.05. The topological polar surface area (TPSA) is 132 Å². The Balaban J connectivity index is 1.57. The molecule has 0 aliphatic carbocycles. The third-order valence-electron chi connectivity index (χ3n) is 4.20. The summed E-state index contributed by atoms with van der Waals surface area (Å²) in [6, 6.07) is 6.21. The Hall–Kier alpha value is -4.09. The van der Waals surface area contributed by atoms with Gasteiger partial charge in [-0.05, 0) is 12.1 Å². The second-order valence-corrected chi connectivity index (χ2v) is 6.15. The fourth-order valence-electron chi connectivity index (χ4n) is 2.76. The number of rotatable bonds is 6. The summed E-state index contributed by atoms with van der Waals surface area (Å²) < 4.78 is 45.8. The summed E-state index contributed by atoms with van der Waals surface area (Å²) in [4.78, 5) is 4.00. The van der Waals surface area contributed by atoms with E-state index in [9.17, 15) is 13.2 Å². The van der Waals surface area contributed by atoms with Crippen molar-refractivity contribution in [1.29, 1.82) is 5.41 Å². The summed E-state index contributed by atoms with van der Waals surface area (Å²) >= 11 is 0. The zero-order chi connectivity index (χ0) is 21.3. The average molecular weight is 414 g/mol. The van der Waals surface area contributed by atoms with E-state index in [0.29, 0.717) is 22.5 Å². The largest absolute Gasteiger partial charge is 0.415 e. The number of nitrogens with zero attached hydrogens (tertiary/aromatic N) is 6. The molecule has 0 aliphatic heterocycles. The van der Waals surface area contributed by atoms with Gasteiger partial charge < -0.3 is 15.6 Å². The molecule has 0 amide bonds. The van der Waals surface area contributed by atoms with Gasteiger partial charge in [0.2, 0.25) is 5.89 Å². The van der Waals surface area contributed by atoms with Gasteiger partial charge in [0.05, 0.1) is 24.0 Å². The van der Waals surface area contributed by atoms with Crippen LogP contribution in [0, 0.1) is 11.2 Å². The lowest BCUT2D eigenvalue weighted by atomic mass is 10.0. The molecule has 0 fully saturated rings. The molecule has 4 aromatic rings. The molecular weight excluding hydrogens is 401 g/mol. The van der Waals surface area contributed by atoms with Crippen LogP contribution in [0.4, 0.5) is 18.9 Å². The number of alkyl halides is 2. The van der Waals surface area contributed by atoms with Gasteiger partial charge in [-0.3, -0.25) is 4.98 Å². The highest BCUT2D eigenvalue weighted by Gasteiger charge is 2.18. The first kappa shape index (κ1) is 19.2. The van der Waals surface area contributed by atoms with Crippen molar-refractivity contribution in [3.05, 3.63) is 59.6 Å². The fourth-order valence-corrected chi connectivity index (χ4v) is 2.76. The van der Waals surface area contributed by atoms with Gasteiger partial charge in [0.25, 0.3) is 5.89 Å². The SMILES string of the molecule is N=Cc1c(N)cccc1-c1cn(Cc2ncc(-c3nnc(C(F)F)o3)cc2F)nn1. The van der Waals surface area contributed by atoms with Crippen molar-refractivity contribution in [2.45, 2.75) is 13.0 Å². The number of nitrogen functional groups attached to an aromatic ring is 1. The van der Waals surface area contributed by atoms with Gasteiger partial charge in [-0.25, -0.2) is 9.07 Å². The first-order valence-electron chi connectivity index (χ1n) is 8.52. The van der Waals surface area contributed by atoms with Crippen molar-refractivity contribution in [3.63, 3.8) is 0 Å². The van der Waals surface area contributed by atoms with E-state index >= 15 is 0 Å². The molecule has 9 nitrogen and oxygen atoms in total. The molecule has 1 aromatic carbocycles. The second-order valence-electron chi connectivity index (χ2n) is 6.15. The van der Waals surface area contributed by atoms with E-state index in [1.807, 2.05) is 0 Å². The molecule has 3 heterocycles. The lowest BCUT2D eigenvalue weighted by Gasteiger charge is -2.05. The van der Waals surface area contributed by atoms with Crippen LogP contribution in [-0.4, -0.2) is 36.4 Å². The number of hydrogen-bond donors (Lipinski definition) is 2. The maximum Gasteiger partial charge on any atom is 0.314 e. The molecule has 0 radical (unpaired) electrons. The van der Waals surface area contributed by atoms with Crippen LogP contribution in [-0.2, 0) is 6.54 Å². The molecule has 0 saturated carbocycles. The number of aromatic nitrogens is 6. The van der Waals surface area contributed by atoms with Crippen molar-refractivity contribution in [2.75, 3.05) is 5.73 Å². The van der Waals surface area contributed by atoms with Crippen LogP contribution in [0.1, 0.15) is 23.6 Å². The summed E-state index contributed by atoms with van der Waals surface area (Å²) in [6.07, 6.45) is 1.02. The molecule has 4 rings (SSSR count). The predicted molar refractivity (Wildman–Crippen MR) is 99.3 cm³/mol. The van der Waals surface area contributed by atoms with Gasteiger partial charge in [-0.15, -0.1) is 15.3 Å². The highest BCUT2D eigenvalue weighted by atomic mass is 19.3. The van der Waals surface area contributed by atoms with Crippen molar-refractivity contribution >= 4 is 11.9 Å². The van der Waals surface area contributed by atoms with Crippen LogP contribution < -0.4 is 5.73 Å². The molecule has 0 saturated heterocycles. The van der Waals surface area contributed by atoms with Crippen molar-refractivity contribution in [1.82, 2.24) is 30.2 Å². The van der Waals surface area contributed by atoms with Gasteiger partial charge in [-0.1, -0.05) is 17.3 Å². The third kappa shape index (κ3) is 3.62. The first-order valence-corrected chi connectivity index (χ1v) is 8.52. The van der Waals surface area contributed by atoms with Gasteiger partial charge in [0.1, 0.15) is 11.5 Å². The third-order valence-corrected chi connectivity index (χ3v) is 4.20. The minimum absolute atomic E-state index is 0.0343. The van der Waals surface area contributed by atoms with Crippen molar-refractivity contribution in [2.24, 2.45) is 0 Å². The van der Waals surface area contributed by atoms with E-state index < -0.39 is 18.1 Å². The maximum absolute atomic E-state index is 14.5. The molecule has 152 valence electrons. The van der Waals surface area contributed by atoms with Crippen molar-refractivity contribution < 1.29 is 17.6 Å². The number of anilines is 1. The Morgan fingerprint density at radius 2 is 2.07 bits per heavy atom. The second kappa shape index (κ2) is 7.73. The Morgan fingerprint density at radius 1 is 1.23 bits per heavy atom. The van der Waals surface area contributed by atoms with Crippen LogP contribution in [0.25, 0.3) is 22.7 Å². The number of benzene rings is 1. The minimum atomic E-state index is -2.92. The van der Waals surface area contributed by atoms with Crippen LogP contribution in [0.5, 0.6) is 0 Å². The molecule has 0 unspecified atom stereocenters. The molecular formula is C18H13F3N8O. The molecule has 3 aromatic heterocycles. The average Bonchev–Trinajstić information content (AvgIpc) is 3.39. The highest BCUT2D eigenvalue weighted by Crippen LogP contribution is 2.26. The van der Waals surface area contributed by atoms with Gasteiger partial charge in [0.15, 0.2) is 0 Å². The predicted octanol–water partition coefficient (Wildman–Crippen LogP) is 3.09. The number of halogens is 3. The lowest BCUT2D eigenvalue weighted by molar-refractivity contribution is 0.116. The normalized spacial score (nSPS) is 11.2. The van der Waals surface area contributed by atoms with E-state index in [2.05, 4.69) is 25.5 Å². The summed E-state index contributed by atoms with van der Waals surface area (Å²) in [5.41, 5.74) is 8.00. The molecule has 0 atom stereocenters. The molecule has 0 spiro atoms. The van der Waals surface area contributed by atoms with E-state index in [1.54, 1.807) is 24.4 Å². The standard InChI is InChI=1S/C18H13F3N8O/c19-12-4-9(17-26-27-18(30-17)16(20)21)6-24-15(12)8-29-7-14(25-28-29)10-2-1-3-13(23)11(10)5-22/h1-7,16,22H,8,23H2. The summed E-state index contributed by atoms with van der Waals surface area (Å²) in [5.74, 6) is -1.81. The quantitative estimate of drug-likeness (QED) is 0.366.